The van der Waals surface area contributed by atoms with E-state index < -0.39 is 10.0 Å². The van der Waals surface area contributed by atoms with Crippen LogP contribution in [0.1, 0.15) is 42.5 Å². The van der Waals surface area contributed by atoms with Gasteiger partial charge in [-0.15, -0.1) is 0 Å². The van der Waals surface area contributed by atoms with Crippen molar-refractivity contribution in [1.29, 1.82) is 0 Å². The van der Waals surface area contributed by atoms with Crippen molar-refractivity contribution in [2.75, 3.05) is 6.54 Å². The molecule has 0 amide bonds. The number of benzene rings is 1. The van der Waals surface area contributed by atoms with Gasteiger partial charge in [0.15, 0.2) is 5.76 Å². The van der Waals surface area contributed by atoms with Gasteiger partial charge in [0.2, 0.25) is 10.0 Å². The van der Waals surface area contributed by atoms with Crippen molar-refractivity contribution >= 4 is 10.0 Å². The van der Waals surface area contributed by atoms with Crippen LogP contribution in [0.25, 0.3) is 11.3 Å². The van der Waals surface area contributed by atoms with E-state index in [4.69, 9.17) is 4.52 Å². The number of nitrogens with zero attached hydrogens (tertiary/aromatic N) is 4. The fraction of sp³-hybridized carbons (Fsp3) is 0.350. The number of piperidine rings is 1. The summed E-state index contributed by atoms with van der Waals surface area (Å²) in [6, 6.07) is 9.99. The van der Waals surface area contributed by atoms with Gasteiger partial charge in [-0.25, -0.2) is 18.4 Å². The highest BCUT2D eigenvalue weighted by Crippen LogP contribution is 2.38. The van der Waals surface area contributed by atoms with Gasteiger partial charge in [-0.2, -0.15) is 4.31 Å². The van der Waals surface area contributed by atoms with Crippen molar-refractivity contribution in [2.45, 2.75) is 44.0 Å². The molecule has 7 nitrogen and oxygen atoms in total. The molecule has 0 N–H and O–H groups in total. The number of rotatable bonds is 4. The zero-order valence-electron chi connectivity index (χ0n) is 15.9. The molecule has 0 unspecified atom stereocenters. The molecular weight excluding hydrogens is 376 g/mol. The van der Waals surface area contributed by atoms with Gasteiger partial charge >= 0.3 is 0 Å². The number of hydrogen-bond donors (Lipinski definition) is 0. The van der Waals surface area contributed by atoms with Crippen LogP contribution in [0.3, 0.4) is 0 Å². The molecule has 1 aliphatic heterocycles. The predicted molar refractivity (Wildman–Crippen MR) is 104 cm³/mol. The Bertz CT molecular complexity index is 1080. The second-order valence-corrected chi connectivity index (χ2v) is 8.88. The standard InChI is InChI=1S/C20H22N4O3S/c1-14-12-19(27-23-14)17-13-21-15(2)22-20(17)18-10-6-7-11-24(18)28(25,26)16-8-4-3-5-9-16/h3-5,8-9,12-13,18H,6-7,10-11H2,1-2H3/t18-/m1/s1. The van der Waals surface area contributed by atoms with Gasteiger partial charge in [0.05, 0.1) is 27.9 Å². The fourth-order valence-corrected chi connectivity index (χ4v) is 5.30. The molecule has 8 heteroatoms. The van der Waals surface area contributed by atoms with Crippen molar-refractivity contribution in [1.82, 2.24) is 19.4 Å². The topological polar surface area (TPSA) is 89.2 Å². The first-order valence-electron chi connectivity index (χ1n) is 9.31. The van der Waals surface area contributed by atoms with Crippen molar-refractivity contribution in [3.63, 3.8) is 0 Å². The summed E-state index contributed by atoms with van der Waals surface area (Å²) >= 11 is 0. The highest BCUT2D eigenvalue weighted by atomic mass is 32.2. The van der Waals surface area contributed by atoms with E-state index in [9.17, 15) is 8.42 Å². The summed E-state index contributed by atoms with van der Waals surface area (Å²) in [4.78, 5) is 9.23. The van der Waals surface area contributed by atoms with Crippen molar-refractivity contribution in [2.24, 2.45) is 0 Å². The SMILES string of the molecule is Cc1cc(-c2cnc(C)nc2[C@H]2CCCCN2S(=O)(=O)c2ccccc2)on1. The summed E-state index contributed by atoms with van der Waals surface area (Å²) in [5, 5.41) is 3.95. The molecule has 1 aliphatic rings. The van der Waals surface area contributed by atoms with Crippen LogP contribution in [0.4, 0.5) is 0 Å². The minimum atomic E-state index is -3.64. The molecule has 146 valence electrons. The molecule has 0 saturated carbocycles. The van der Waals surface area contributed by atoms with Crippen molar-refractivity contribution < 1.29 is 12.9 Å². The van der Waals surface area contributed by atoms with E-state index in [0.717, 1.165) is 18.5 Å². The fourth-order valence-electron chi connectivity index (χ4n) is 3.62. The maximum Gasteiger partial charge on any atom is 0.243 e. The molecule has 0 spiro atoms. The van der Waals surface area contributed by atoms with Gasteiger partial charge in [0.25, 0.3) is 0 Å². The Labute approximate surface area is 164 Å². The van der Waals surface area contributed by atoms with Crippen LogP contribution >= 0.6 is 0 Å². The molecule has 0 aliphatic carbocycles. The minimum Gasteiger partial charge on any atom is -0.356 e. The first-order chi connectivity index (χ1) is 13.5. The molecule has 1 atom stereocenters. The number of sulfonamides is 1. The Morgan fingerprint density at radius 3 is 2.64 bits per heavy atom. The maximum absolute atomic E-state index is 13.4. The summed E-state index contributed by atoms with van der Waals surface area (Å²) in [5.74, 6) is 1.15. The average Bonchev–Trinajstić information content (AvgIpc) is 3.14. The third-order valence-corrected chi connectivity index (χ3v) is 6.87. The van der Waals surface area contributed by atoms with Gasteiger partial charge < -0.3 is 4.52 Å². The Hall–Kier alpha value is -2.58. The minimum absolute atomic E-state index is 0.296. The van der Waals surface area contributed by atoms with E-state index in [1.54, 1.807) is 41.7 Å². The summed E-state index contributed by atoms with van der Waals surface area (Å²) in [6.45, 7) is 4.10. The summed E-state index contributed by atoms with van der Waals surface area (Å²) in [5.41, 5.74) is 2.10. The van der Waals surface area contributed by atoms with Crippen LogP contribution in [0.5, 0.6) is 0 Å². The third-order valence-electron chi connectivity index (χ3n) is 4.95. The van der Waals surface area contributed by atoms with Crippen molar-refractivity contribution in [3.05, 3.63) is 59.8 Å². The van der Waals surface area contributed by atoms with Crippen LogP contribution in [0.2, 0.25) is 0 Å². The van der Waals surface area contributed by atoms with Crippen LogP contribution in [-0.2, 0) is 10.0 Å². The van der Waals surface area contributed by atoms with Crippen LogP contribution in [-0.4, -0.2) is 34.4 Å². The third kappa shape index (κ3) is 3.45. The normalized spacial score (nSPS) is 18.3. The zero-order valence-corrected chi connectivity index (χ0v) is 16.7. The lowest BCUT2D eigenvalue weighted by molar-refractivity contribution is 0.251. The van der Waals surface area contributed by atoms with Gasteiger partial charge in [-0.05, 0) is 38.8 Å². The average molecular weight is 398 g/mol. The van der Waals surface area contributed by atoms with E-state index in [1.807, 2.05) is 19.1 Å². The molecule has 1 aromatic carbocycles. The molecule has 0 bridgehead atoms. The molecule has 0 radical (unpaired) electrons. The molecule has 3 heterocycles. The quantitative estimate of drug-likeness (QED) is 0.666. The van der Waals surface area contributed by atoms with Crippen LogP contribution < -0.4 is 0 Å². The smallest absolute Gasteiger partial charge is 0.243 e. The molecule has 28 heavy (non-hydrogen) atoms. The van der Waals surface area contributed by atoms with E-state index in [1.165, 1.54) is 0 Å². The molecule has 1 fully saturated rings. The first-order valence-corrected chi connectivity index (χ1v) is 10.7. The molecule has 4 rings (SSSR count). The summed E-state index contributed by atoms with van der Waals surface area (Å²) in [7, 11) is -3.64. The van der Waals surface area contributed by atoms with E-state index in [0.29, 0.717) is 40.7 Å². The molecular formula is C20H22N4O3S. The lowest BCUT2D eigenvalue weighted by atomic mass is 9.98. The number of aryl methyl sites for hydroxylation is 2. The molecule has 1 saturated heterocycles. The zero-order chi connectivity index (χ0) is 19.7. The largest absolute Gasteiger partial charge is 0.356 e. The van der Waals surface area contributed by atoms with Gasteiger partial charge in [0, 0.05) is 18.8 Å². The van der Waals surface area contributed by atoms with E-state index >= 15 is 0 Å². The predicted octanol–water partition coefficient (Wildman–Crippen LogP) is 3.66. The Morgan fingerprint density at radius 1 is 1.14 bits per heavy atom. The van der Waals surface area contributed by atoms with Gasteiger partial charge in [-0.1, -0.05) is 29.8 Å². The number of hydrogen-bond acceptors (Lipinski definition) is 6. The first kappa shape index (κ1) is 18.8. The van der Waals surface area contributed by atoms with E-state index in [-0.39, 0.29) is 6.04 Å². The summed E-state index contributed by atoms with van der Waals surface area (Å²) in [6.07, 6.45) is 4.15. The van der Waals surface area contributed by atoms with Crippen molar-refractivity contribution in [3.8, 4) is 11.3 Å². The van der Waals surface area contributed by atoms with Crippen LogP contribution in [0, 0.1) is 13.8 Å². The highest BCUT2D eigenvalue weighted by molar-refractivity contribution is 7.89. The number of aromatic nitrogens is 3. The summed E-state index contributed by atoms with van der Waals surface area (Å²) < 4.78 is 33.7. The molecule has 2 aromatic heterocycles. The second-order valence-electron chi connectivity index (χ2n) is 6.99. The lowest BCUT2D eigenvalue weighted by Gasteiger charge is -2.35. The van der Waals surface area contributed by atoms with E-state index in [2.05, 4.69) is 15.1 Å². The lowest BCUT2D eigenvalue weighted by Crippen LogP contribution is -2.39. The monoisotopic (exact) mass is 398 g/mol. The van der Waals surface area contributed by atoms with Gasteiger partial charge in [-0.3, -0.25) is 0 Å². The highest BCUT2D eigenvalue weighted by Gasteiger charge is 2.37. The second kappa shape index (κ2) is 7.44. The van der Waals surface area contributed by atoms with Gasteiger partial charge in [0.1, 0.15) is 5.82 Å². The van der Waals surface area contributed by atoms with Crippen LogP contribution in [0.15, 0.2) is 52.0 Å². The Balaban J connectivity index is 1.82. The Morgan fingerprint density at radius 2 is 1.93 bits per heavy atom. The maximum atomic E-state index is 13.4. The molecule has 3 aromatic rings. The Kier molecular flexibility index (Phi) is 4.99.